The maximum atomic E-state index is 12.2. The normalized spacial score (nSPS) is 15.6. The van der Waals surface area contributed by atoms with Gasteiger partial charge in [-0.05, 0) is 34.1 Å². The molecule has 2 rings (SSSR count). The average molecular weight is 329 g/mol. The zero-order valence-electron chi connectivity index (χ0n) is 9.14. The van der Waals surface area contributed by atoms with Gasteiger partial charge in [0.25, 0.3) is 5.91 Å². The number of rotatable bonds is 1. The van der Waals surface area contributed by atoms with Crippen molar-refractivity contribution in [3.8, 4) is 0 Å². The Morgan fingerprint density at radius 2 is 1.89 bits per heavy atom. The number of benzene rings is 1. The van der Waals surface area contributed by atoms with Gasteiger partial charge in [-0.1, -0.05) is 0 Å². The lowest BCUT2D eigenvalue weighted by Crippen LogP contribution is -2.53. The first kappa shape index (κ1) is 13.1. The molecular weight excluding hydrogens is 320 g/mol. The molecule has 7 heteroatoms. The number of carbonyl (C=O) groups excluding carboxylic acids is 3. The van der Waals surface area contributed by atoms with Gasteiger partial charge in [0.05, 0.1) is 5.56 Å². The second-order valence-corrected chi connectivity index (χ2v) is 5.17. The van der Waals surface area contributed by atoms with Crippen LogP contribution in [0.2, 0.25) is 0 Å². The number of hydrogen-bond donors (Lipinski definition) is 2. The van der Waals surface area contributed by atoms with E-state index in [1.54, 1.807) is 18.2 Å². The van der Waals surface area contributed by atoms with Crippen LogP contribution in [-0.2, 0) is 9.59 Å². The number of hydrogen-bond acceptors (Lipinski definition) is 4. The number of halogens is 1. The molecule has 18 heavy (non-hydrogen) atoms. The summed E-state index contributed by atoms with van der Waals surface area (Å²) in [6, 6.07) is 5.02. The van der Waals surface area contributed by atoms with Crippen LogP contribution < -0.4 is 5.32 Å². The van der Waals surface area contributed by atoms with E-state index in [4.69, 9.17) is 0 Å². The smallest absolute Gasteiger partial charge is 0.255 e. The van der Waals surface area contributed by atoms with Crippen molar-refractivity contribution in [1.29, 1.82) is 0 Å². The summed E-state index contributed by atoms with van der Waals surface area (Å²) < 4.78 is 0.601. The minimum absolute atomic E-state index is 0.117. The molecule has 3 amide bonds. The Kier molecular flexibility index (Phi) is 3.72. The highest BCUT2D eigenvalue weighted by Crippen LogP contribution is 2.22. The van der Waals surface area contributed by atoms with E-state index in [0.717, 1.165) is 0 Å². The monoisotopic (exact) mass is 328 g/mol. The fourth-order valence-corrected chi connectivity index (χ4v) is 2.25. The summed E-state index contributed by atoms with van der Waals surface area (Å²) >= 11 is 7.42. The summed E-state index contributed by atoms with van der Waals surface area (Å²) in [6.07, 6.45) is 0. The van der Waals surface area contributed by atoms with E-state index in [-0.39, 0.29) is 19.0 Å². The van der Waals surface area contributed by atoms with Crippen molar-refractivity contribution in [3.63, 3.8) is 0 Å². The van der Waals surface area contributed by atoms with Crippen LogP contribution in [0, 0.1) is 0 Å². The summed E-state index contributed by atoms with van der Waals surface area (Å²) in [5, 5.41) is 2.14. The van der Waals surface area contributed by atoms with E-state index in [2.05, 4.69) is 33.9 Å². The van der Waals surface area contributed by atoms with E-state index in [0.29, 0.717) is 14.9 Å². The molecule has 1 heterocycles. The standard InChI is InChI=1S/C11H9BrN2O3S/c12-8-2-1-6(18)3-7(8)11(17)14-4-9(15)13-10(16)5-14/h1-3,18H,4-5H2,(H,13,15,16). The molecule has 0 aliphatic carbocycles. The molecule has 1 aliphatic rings. The second-order valence-electron chi connectivity index (χ2n) is 3.80. The molecular formula is C11H9BrN2O3S. The number of carbonyl (C=O) groups is 3. The topological polar surface area (TPSA) is 66.5 Å². The van der Waals surface area contributed by atoms with Gasteiger partial charge < -0.3 is 4.90 Å². The Bertz CT molecular complexity index is 531. The van der Waals surface area contributed by atoms with Crippen molar-refractivity contribution in [1.82, 2.24) is 10.2 Å². The van der Waals surface area contributed by atoms with Crippen molar-refractivity contribution >= 4 is 46.3 Å². The molecule has 0 radical (unpaired) electrons. The number of nitrogens with zero attached hydrogens (tertiary/aromatic N) is 1. The van der Waals surface area contributed by atoms with E-state index >= 15 is 0 Å². The highest BCUT2D eigenvalue weighted by molar-refractivity contribution is 9.10. The molecule has 94 valence electrons. The van der Waals surface area contributed by atoms with Gasteiger partial charge in [0.15, 0.2) is 0 Å². The number of amides is 3. The highest BCUT2D eigenvalue weighted by Gasteiger charge is 2.28. The summed E-state index contributed by atoms with van der Waals surface area (Å²) in [7, 11) is 0. The molecule has 0 saturated carbocycles. The van der Waals surface area contributed by atoms with Crippen LogP contribution in [0.5, 0.6) is 0 Å². The van der Waals surface area contributed by atoms with Gasteiger partial charge in [0, 0.05) is 9.37 Å². The lowest BCUT2D eigenvalue weighted by molar-refractivity contribution is -0.135. The summed E-state index contributed by atoms with van der Waals surface area (Å²) in [5.74, 6) is -1.32. The van der Waals surface area contributed by atoms with Crippen molar-refractivity contribution in [2.24, 2.45) is 0 Å². The molecule has 0 aromatic heterocycles. The highest BCUT2D eigenvalue weighted by atomic mass is 79.9. The first-order chi connectivity index (χ1) is 8.47. The SMILES string of the molecule is O=C1CN(C(=O)c2cc(S)ccc2Br)CC(=O)N1. The lowest BCUT2D eigenvalue weighted by atomic mass is 10.2. The molecule has 0 unspecified atom stereocenters. The maximum absolute atomic E-state index is 12.2. The van der Waals surface area contributed by atoms with Gasteiger partial charge in [0.2, 0.25) is 11.8 Å². The van der Waals surface area contributed by atoms with Crippen molar-refractivity contribution < 1.29 is 14.4 Å². The largest absolute Gasteiger partial charge is 0.320 e. The molecule has 1 fully saturated rings. The van der Waals surface area contributed by atoms with Gasteiger partial charge in [-0.2, -0.15) is 0 Å². The van der Waals surface area contributed by atoms with Crippen molar-refractivity contribution in [2.45, 2.75) is 4.90 Å². The fourth-order valence-electron chi connectivity index (χ4n) is 1.63. The Balaban J connectivity index is 2.28. The fraction of sp³-hybridized carbons (Fsp3) is 0.182. The molecule has 1 aromatic rings. The molecule has 1 N–H and O–H groups in total. The van der Waals surface area contributed by atoms with E-state index in [1.165, 1.54) is 4.90 Å². The molecule has 1 aromatic carbocycles. The van der Waals surface area contributed by atoms with Crippen LogP contribution in [-0.4, -0.2) is 35.7 Å². The van der Waals surface area contributed by atoms with Crippen LogP contribution >= 0.6 is 28.6 Å². The predicted octanol–water partition coefficient (Wildman–Crippen LogP) is 0.836. The lowest BCUT2D eigenvalue weighted by Gasteiger charge is -2.25. The number of thiol groups is 1. The third-order valence-electron chi connectivity index (χ3n) is 2.42. The first-order valence-electron chi connectivity index (χ1n) is 5.08. The summed E-state index contributed by atoms with van der Waals surface area (Å²) in [4.78, 5) is 36.5. The van der Waals surface area contributed by atoms with Crippen LogP contribution in [0.3, 0.4) is 0 Å². The predicted molar refractivity (Wildman–Crippen MR) is 70.4 cm³/mol. The van der Waals surface area contributed by atoms with Gasteiger partial charge >= 0.3 is 0 Å². The number of piperazine rings is 1. The van der Waals surface area contributed by atoms with E-state index in [9.17, 15) is 14.4 Å². The van der Waals surface area contributed by atoms with Gasteiger partial charge in [-0.15, -0.1) is 12.6 Å². The maximum Gasteiger partial charge on any atom is 0.255 e. The van der Waals surface area contributed by atoms with E-state index in [1.807, 2.05) is 0 Å². The minimum Gasteiger partial charge on any atom is -0.320 e. The zero-order valence-corrected chi connectivity index (χ0v) is 11.6. The number of nitrogens with one attached hydrogen (secondary N) is 1. The third-order valence-corrected chi connectivity index (χ3v) is 3.39. The molecule has 1 saturated heterocycles. The van der Waals surface area contributed by atoms with Crippen molar-refractivity contribution in [3.05, 3.63) is 28.2 Å². The van der Waals surface area contributed by atoms with Crippen molar-refractivity contribution in [2.75, 3.05) is 13.1 Å². The molecule has 0 bridgehead atoms. The average Bonchev–Trinajstić information content (AvgIpc) is 2.30. The number of imide groups is 1. The Morgan fingerprint density at radius 1 is 1.28 bits per heavy atom. The Labute approximate surface area is 117 Å². The Hall–Kier alpha value is -1.34. The van der Waals surface area contributed by atoms with Gasteiger partial charge in [-0.3, -0.25) is 19.7 Å². The van der Waals surface area contributed by atoms with E-state index < -0.39 is 11.8 Å². The quantitative estimate of drug-likeness (QED) is 0.593. The van der Waals surface area contributed by atoms with Crippen LogP contribution in [0.4, 0.5) is 0 Å². The van der Waals surface area contributed by atoms with Gasteiger partial charge in [-0.25, -0.2) is 0 Å². The molecule has 1 aliphatic heterocycles. The van der Waals surface area contributed by atoms with Crippen LogP contribution in [0.25, 0.3) is 0 Å². The summed E-state index contributed by atoms with van der Waals surface area (Å²) in [5.41, 5.74) is 0.380. The van der Waals surface area contributed by atoms with Crippen LogP contribution in [0.1, 0.15) is 10.4 Å². The molecule has 0 atom stereocenters. The second kappa shape index (κ2) is 5.11. The third kappa shape index (κ3) is 2.73. The Morgan fingerprint density at radius 3 is 2.50 bits per heavy atom. The first-order valence-corrected chi connectivity index (χ1v) is 6.32. The zero-order chi connectivity index (χ0) is 13.3. The van der Waals surface area contributed by atoms with Gasteiger partial charge in [0.1, 0.15) is 13.1 Å². The molecule has 5 nitrogen and oxygen atoms in total. The summed E-state index contributed by atoms with van der Waals surface area (Å²) in [6.45, 7) is -0.234. The molecule has 0 spiro atoms. The minimum atomic E-state index is -0.474. The van der Waals surface area contributed by atoms with Crippen LogP contribution in [0.15, 0.2) is 27.6 Å².